The molecule has 1 aromatic heterocycles. The van der Waals surface area contributed by atoms with E-state index in [1.807, 2.05) is 12.3 Å². The third-order valence-corrected chi connectivity index (χ3v) is 2.30. The Balaban J connectivity index is 2.50. The number of aliphatic hydroxyl groups excluding tert-OH is 1. The van der Waals surface area contributed by atoms with Crippen molar-refractivity contribution in [3.63, 3.8) is 0 Å². The van der Waals surface area contributed by atoms with Crippen LogP contribution in [0.25, 0.3) is 10.8 Å². The number of pyridine rings is 1. The molecule has 2 nitrogen and oxygen atoms in total. The number of aromatic nitrogens is 1. The maximum atomic E-state index is 8.80. The molecule has 2 aromatic rings. The molecule has 0 saturated heterocycles. The molecule has 0 saturated carbocycles. The highest BCUT2D eigenvalue weighted by Gasteiger charge is 1.97. The lowest BCUT2D eigenvalue weighted by Crippen LogP contribution is -2.01. The predicted octanol–water partition coefficient (Wildman–Crippen LogP) is 0.0280. The van der Waals surface area contributed by atoms with Gasteiger partial charge in [0.25, 0.3) is 0 Å². The lowest BCUT2D eigenvalue weighted by Gasteiger charge is -2.02. The molecule has 0 amide bonds. The lowest BCUT2D eigenvalue weighted by molar-refractivity contribution is 0.298. The molecule has 0 bridgehead atoms. The molecule has 0 radical (unpaired) electrons. The van der Waals surface area contributed by atoms with Crippen molar-refractivity contribution in [3.05, 3.63) is 36.2 Å². The SMILES string of the molecule is Bc1ccc2cc(CCO)ncc2c1. The second-order valence-corrected chi connectivity index (χ2v) is 3.50. The van der Waals surface area contributed by atoms with E-state index in [1.165, 1.54) is 10.8 Å². The van der Waals surface area contributed by atoms with E-state index < -0.39 is 0 Å². The summed E-state index contributed by atoms with van der Waals surface area (Å²) in [6, 6.07) is 8.33. The molecule has 1 heterocycles. The summed E-state index contributed by atoms with van der Waals surface area (Å²) < 4.78 is 0. The van der Waals surface area contributed by atoms with Gasteiger partial charge in [0.15, 0.2) is 0 Å². The molecular formula is C11H12BNO. The molecule has 3 heteroatoms. The number of benzene rings is 1. The number of aliphatic hydroxyl groups is 1. The van der Waals surface area contributed by atoms with Crippen molar-refractivity contribution in [2.45, 2.75) is 6.42 Å². The number of nitrogens with zero attached hydrogens (tertiary/aromatic N) is 1. The maximum Gasteiger partial charge on any atom is 0.139 e. The van der Waals surface area contributed by atoms with Crippen LogP contribution in [0.5, 0.6) is 0 Å². The summed E-state index contributed by atoms with van der Waals surface area (Å²) in [6.07, 6.45) is 2.50. The second-order valence-electron chi connectivity index (χ2n) is 3.50. The van der Waals surface area contributed by atoms with Crippen molar-refractivity contribution >= 4 is 24.1 Å². The first-order valence-corrected chi connectivity index (χ1v) is 4.76. The number of rotatable bonds is 2. The van der Waals surface area contributed by atoms with Crippen LogP contribution >= 0.6 is 0 Å². The average molecular weight is 185 g/mol. The molecule has 0 aliphatic carbocycles. The van der Waals surface area contributed by atoms with Crippen LogP contribution in [0, 0.1) is 0 Å². The Bertz CT molecular complexity index is 456. The van der Waals surface area contributed by atoms with Gasteiger partial charge in [0.1, 0.15) is 7.85 Å². The molecule has 0 aliphatic heterocycles. The van der Waals surface area contributed by atoms with Gasteiger partial charge in [-0.3, -0.25) is 4.98 Å². The van der Waals surface area contributed by atoms with Crippen molar-refractivity contribution < 1.29 is 5.11 Å². The molecule has 1 N–H and O–H groups in total. The molecule has 0 fully saturated rings. The first kappa shape index (κ1) is 9.22. The van der Waals surface area contributed by atoms with E-state index in [9.17, 15) is 0 Å². The van der Waals surface area contributed by atoms with E-state index in [0.29, 0.717) is 6.42 Å². The molecule has 0 aliphatic rings. The Morgan fingerprint density at radius 1 is 1.21 bits per heavy atom. The van der Waals surface area contributed by atoms with E-state index >= 15 is 0 Å². The zero-order chi connectivity index (χ0) is 9.97. The van der Waals surface area contributed by atoms with Gasteiger partial charge in [-0.15, -0.1) is 0 Å². The molecule has 0 atom stereocenters. The van der Waals surface area contributed by atoms with Crippen LogP contribution in [0.1, 0.15) is 5.69 Å². The predicted molar refractivity (Wildman–Crippen MR) is 60.7 cm³/mol. The first-order chi connectivity index (χ1) is 6.79. The zero-order valence-electron chi connectivity index (χ0n) is 8.20. The standard InChI is InChI=1S/C11H12BNO/c12-10-2-1-8-6-11(3-4-14)13-7-9(8)5-10/h1-2,5-7,14H,3-4,12H2. The largest absolute Gasteiger partial charge is 0.396 e. The lowest BCUT2D eigenvalue weighted by atomic mass is 9.94. The minimum atomic E-state index is 0.157. The highest BCUT2D eigenvalue weighted by Crippen LogP contribution is 2.12. The molecular weight excluding hydrogens is 173 g/mol. The summed E-state index contributed by atoms with van der Waals surface area (Å²) in [6.45, 7) is 0.157. The summed E-state index contributed by atoms with van der Waals surface area (Å²) in [5.74, 6) is 0. The van der Waals surface area contributed by atoms with Crippen LogP contribution in [-0.2, 0) is 6.42 Å². The monoisotopic (exact) mass is 185 g/mol. The summed E-state index contributed by atoms with van der Waals surface area (Å²) in [5, 5.41) is 11.1. The van der Waals surface area contributed by atoms with Gasteiger partial charge in [-0.1, -0.05) is 23.7 Å². The normalized spacial score (nSPS) is 10.6. The van der Waals surface area contributed by atoms with Gasteiger partial charge in [-0.2, -0.15) is 0 Å². The number of hydrogen-bond donors (Lipinski definition) is 1. The van der Waals surface area contributed by atoms with Crippen molar-refractivity contribution in [2.75, 3.05) is 6.61 Å². The van der Waals surface area contributed by atoms with Gasteiger partial charge in [-0.25, -0.2) is 0 Å². The number of fused-ring (bicyclic) bond motifs is 1. The van der Waals surface area contributed by atoms with Crippen molar-refractivity contribution in [3.8, 4) is 0 Å². The summed E-state index contributed by atoms with van der Waals surface area (Å²) in [5.41, 5.74) is 2.19. The third kappa shape index (κ3) is 1.78. The summed E-state index contributed by atoms with van der Waals surface area (Å²) in [7, 11) is 2.07. The van der Waals surface area contributed by atoms with Crippen LogP contribution in [0.4, 0.5) is 0 Å². The van der Waals surface area contributed by atoms with Gasteiger partial charge < -0.3 is 5.11 Å². The Hall–Kier alpha value is -1.35. The maximum absolute atomic E-state index is 8.80. The van der Waals surface area contributed by atoms with Crippen LogP contribution in [0.2, 0.25) is 0 Å². The van der Waals surface area contributed by atoms with E-state index in [4.69, 9.17) is 5.11 Å². The molecule has 0 unspecified atom stereocenters. The smallest absolute Gasteiger partial charge is 0.139 e. The fourth-order valence-corrected chi connectivity index (χ4v) is 1.56. The van der Waals surface area contributed by atoms with Gasteiger partial charge in [0.2, 0.25) is 0 Å². The molecule has 14 heavy (non-hydrogen) atoms. The quantitative estimate of drug-likeness (QED) is 0.669. The molecule has 0 spiro atoms. The van der Waals surface area contributed by atoms with Crippen LogP contribution in [0.3, 0.4) is 0 Å². The molecule has 70 valence electrons. The second kappa shape index (κ2) is 3.80. The number of hydrogen-bond acceptors (Lipinski definition) is 2. The Morgan fingerprint density at radius 2 is 2.07 bits per heavy atom. The van der Waals surface area contributed by atoms with E-state index in [-0.39, 0.29) is 6.61 Å². The highest BCUT2D eigenvalue weighted by molar-refractivity contribution is 6.33. The fraction of sp³-hybridized carbons (Fsp3) is 0.182. The zero-order valence-corrected chi connectivity index (χ0v) is 8.20. The van der Waals surface area contributed by atoms with Gasteiger partial charge in [0.05, 0.1) is 0 Å². The minimum absolute atomic E-state index is 0.157. The van der Waals surface area contributed by atoms with Crippen molar-refractivity contribution in [1.82, 2.24) is 4.98 Å². The van der Waals surface area contributed by atoms with Crippen LogP contribution in [0.15, 0.2) is 30.5 Å². The van der Waals surface area contributed by atoms with E-state index in [1.54, 1.807) is 0 Å². The van der Waals surface area contributed by atoms with E-state index in [0.717, 1.165) is 11.1 Å². The van der Waals surface area contributed by atoms with Gasteiger partial charge >= 0.3 is 0 Å². The summed E-state index contributed by atoms with van der Waals surface area (Å²) in [4.78, 5) is 4.28. The van der Waals surface area contributed by atoms with Crippen LogP contribution in [-0.4, -0.2) is 24.5 Å². The average Bonchev–Trinajstić information content (AvgIpc) is 2.19. The fourth-order valence-electron chi connectivity index (χ4n) is 1.56. The van der Waals surface area contributed by atoms with Crippen LogP contribution < -0.4 is 5.46 Å². The first-order valence-electron chi connectivity index (χ1n) is 4.76. The highest BCUT2D eigenvalue weighted by atomic mass is 16.3. The topological polar surface area (TPSA) is 33.1 Å². The van der Waals surface area contributed by atoms with Gasteiger partial charge in [-0.05, 0) is 16.8 Å². The minimum Gasteiger partial charge on any atom is -0.396 e. The van der Waals surface area contributed by atoms with Crippen molar-refractivity contribution in [1.29, 1.82) is 0 Å². The Labute approximate surface area is 84.0 Å². The Kier molecular flexibility index (Phi) is 2.50. The van der Waals surface area contributed by atoms with Crippen molar-refractivity contribution in [2.24, 2.45) is 0 Å². The summed E-state index contributed by atoms with van der Waals surface area (Å²) >= 11 is 0. The van der Waals surface area contributed by atoms with Gasteiger partial charge in [0, 0.05) is 24.9 Å². The Morgan fingerprint density at radius 3 is 2.86 bits per heavy atom. The van der Waals surface area contributed by atoms with E-state index in [2.05, 4.69) is 31.0 Å². The third-order valence-electron chi connectivity index (χ3n) is 2.30. The molecule has 2 rings (SSSR count). The molecule has 1 aromatic carbocycles.